The molecule has 2 aromatic heterocycles. The van der Waals surface area contributed by atoms with Gasteiger partial charge in [-0.05, 0) is 26.6 Å². The molecule has 9 heteroatoms. The zero-order valence-corrected chi connectivity index (χ0v) is 21.2. The van der Waals surface area contributed by atoms with E-state index in [4.69, 9.17) is 4.99 Å². The van der Waals surface area contributed by atoms with Crippen LogP contribution in [0.25, 0.3) is 11.3 Å². The van der Waals surface area contributed by atoms with Crippen LogP contribution in [-0.2, 0) is 13.6 Å². The van der Waals surface area contributed by atoms with Crippen LogP contribution >= 0.6 is 24.0 Å². The Hall–Kier alpha value is -2.40. The Morgan fingerprint density at radius 3 is 2.55 bits per heavy atom. The van der Waals surface area contributed by atoms with Crippen LogP contribution in [0.1, 0.15) is 24.4 Å². The number of H-pyrrole nitrogens is 1. The number of aromatic amines is 1. The first-order valence-electron chi connectivity index (χ1n) is 10.2. The van der Waals surface area contributed by atoms with Crippen LogP contribution in [0, 0.1) is 0 Å². The minimum atomic E-state index is 0. The molecule has 8 nitrogen and oxygen atoms in total. The summed E-state index contributed by atoms with van der Waals surface area (Å²) in [5.41, 5.74) is 3.30. The molecular weight excluding hydrogens is 503 g/mol. The van der Waals surface area contributed by atoms with Crippen molar-refractivity contribution in [2.45, 2.75) is 19.5 Å². The van der Waals surface area contributed by atoms with Crippen LogP contribution in [-0.4, -0.2) is 69.7 Å². The summed E-state index contributed by atoms with van der Waals surface area (Å²) in [5, 5.41) is 7.69. The van der Waals surface area contributed by atoms with Gasteiger partial charge in [0.1, 0.15) is 5.82 Å². The summed E-state index contributed by atoms with van der Waals surface area (Å²) in [6.45, 7) is 4.15. The second-order valence-corrected chi connectivity index (χ2v) is 7.59. The van der Waals surface area contributed by atoms with Crippen molar-refractivity contribution in [1.29, 1.82) is 0 Å². The van der Waals surface area contributed by atoms with Crippen molar-refractivity contribution in [2.75, 3.05) is 34.2 Å². The van der Waals surface area contributed by atoms with E-state index >= 15 is 0 Å². The summed E-state index contributed by atoms with van der Waals surface area (Å²) in [7, 11) is 8.10. The van der Waals surface area contributed by atoms with E-state index in [0.717, 1.165) is 35.1 Å². The molecule has 168 valence electrons. The third kappa shape index (κ3) is 6.79. The molecule has 0 aliphatic heterocycles. The molecular formula is C22H33IN8. The van der Waals surface area contributed by atoms with Crippen molar-refractivity contribution in [2.24, 2.45) is 12.0 Å². The maximum atomic E-state index is 4.89. The van der Waals surface area contributed by atoms with E-state index in [1.165, 1.54) is 0 Å². The van der Waals surface area contributed by atoms with Crippen LogP contribution in [0.3, 0.4) is 0 Å². The van der Waals surface area contributed by atoms with Gasteiger partial charge < -0.3 is 20.1 Å². The first-order chi connectivity index (χ1) is 14.5. The molecule has 0 spiro atoms. The van der Waals surface area contributed by atoms with Crippen molar-refractivity contribution in [3.63, 3.8) is 0 Å². The van der Waals surface area contributed by atoms with Crippen LogP contribution in [0.4, 0.5) is 0 Å². The standard InChI is InChI=1S/C22H32N8.HI/c1-6-23-22(25-14-20(28(2)3)18-12-26-30(5)15-18)29(4)16-21-24-13-19(27-21)17-10-8-7-9-11-17;/h7-13,15,20H,6,14,16H2,1-5H3,(H,23,25)(H,24,27);1H. The largest absolute Gasteiger partial charge is 0.357 e. The van der Waals surface area contributed by atoms with Crippen LogP contribution in [0.5, 0.6) is 0 Å². The van der Waals surface area contributed by atoms with E-state index in [0.29, 0.717) is 13.1 Å². The monoisotopic (exact) mass is 536 g/mol. The molecule has 1 atom stereocenters. The molecule has 2 heterocycles. The van der Waals surface area contributed by atoms with E-state index in [1.807, 2.05) is 55.6 Å². The van der Waals surface area contributed by atoms with Gasteiger partial charge in [-0.1, -0.05) is 30.3 Å². The normalized spacial score (nSPS) is 12.5. The Labute approximate surface area is 201 Å². The number of likely N-dealkylation sites (N-methyl/N-ethyl adjacent to an activating group) is 1. The van der Waals surface area contributed by atoms with E-state index in [2.05, 4.69) is 63.3 Å². The second-order valence-electron chi connectivity index (χ2n) is 7.59. The SMILES string of the molecule is CCNC(=NCC(c1cnn(C)c1)N(C)C)N(C)Cc1ncc(-c2ccccc2)[nH]1.I. The van der Waals surface area contributed by atoms with Crippen molar-refractivity contribution in [3.8, 4) is 11.3 Å². The summed E-state index contributed by atoms with van der Waals surface area (Å²) >= 11 is 0. The Balaban J connectivity index is 0.00000341. The molecule has 0 aliphatic carbocycles. The fraction of sp³-hybridized carbons (Fsp3) is 0.409. The maximum Gasteiger partial charge on any atom is 0.194 e. The lowest BCUT2D eigenvalue weighted by Crippen LogP contribution is -2.39. The predicted molar refractivity (Wildman–Crippen MR) is 137 cm³/mol. The van der Waals surface area contributed by atoms with Crippen LogP contribution in [0.15, 0.2) is 53.9 Å². The molecule has 0 saturated heterocycles. The number of guanidine groups is 1. The van der Waals surface area contributed by atoms with Gasteiger partial charge in [0.25, 0.3) is 0 Å². The number of hydrogen-bond donors (Lipinski definition) is 2. The number of rotatable bonds is 8. The molecule has 2 N–H and O–H groups in total. The minimum Gasteiger partial charge on any atom is -0.357 e. The molecule has 3 rings (SSSR count). The topological polar surface area (TPSA) is 77.4 Å². The highest BCUT2D eigenvalue weighted by molar-refractivity contribution is 14.0. The lowest BCUT2D eigenvalue weighted by atomic mass is 10.1. The quantitative estimate of drug-likeness (QED) is 0.263. The number of aromatic nitrogens is 4. The smallest absolute Gasteiger partial charge is 0.194 e. The van der Waals surface area contributed by atoms with Gasteiger partial charge in [0, 0.05) is 32.4 Å². The summed E-state index contributed by atoms with van der Waals surface area (Å²) in [4.78, 5) is 17.1. The molecule has 0 radical (unpaired) electrons. The predicted octanol–water partition coefficient (Wildman–Crippen LogP) is 3.13. The van der Waals surface area contributed by atoms with E-state index in [9.17, 15) is 0 Å². The van der Waals surface area contributed by atoms with Crippen LogP contribution in [0.2, 0.25) is 0 Å². The van der Waals surface area contributed by atoms with Gasteiger partial charge in [0.2, 0.25) is 0 Å². The van der Waals surface area contributed by atoms with E-state index < -0.39 is 0 Å². The summed E-state index contributed by atoms with van der Waals surface area (Å²) < 4.78 is 1.83. The first kappa shape index (κ1) is 24.9. The highest BCUT2D eigenvalue weighted by atomic mass is 127. The number of nitrogens with zero attached hydrogens (tertiary/aromatic N) is 6. The average molecular weight is 536 g/mol. The van der Waals surface area contributed by atoms with Gasteiger partial charge in [-0.25, -0.2) is 4.98 Å². The first-order valence-corrected chi connectivity index (χ1v) is 10.2. The molecule has 1 aromatic carbocycles. The Morgan fingerprint density at radius 1 is 1.19 bits per heavy atom. The zero-order valence-electron chi connectivity index (χ0n) is 18.9. The van der Waals surface area contributed by atoms with Gasteiger partial charge in [-0.3, -0.25) is 9.67 Å². The molecule has 0 saturated carbocycles. The number of benzene rings is 1. The third-order valence-electron chi connectivity index (χ3n) is 4.94. The fourth-order valence-corrected chi connectivity index (χ4v) is 3.33. The lowest BCUT2D eigenvalue weighted by molar-refractivity contribution is 0.305. The second kappa shape index (κ2) is 11.8. The van der Waals surface area contributed by atoms with Crippen LogP contribution < -0.4 is 5.32 Å². The molecule has 0 bridgehead atoms. The van der Waals surface area contributed by atoms with Crippen molar-refractivity contribution >= 4 is 29.9 Å². The molecule has 3 aromatic rings. The molecule has 31 heavy (non-hydrogen) atoms. The molecule has 1 unspecified atom stereocenters. The molecule has 0 amide bonds. The highest BCUT2D eigenvalue weighted by Gasteiger charge is 2.17. The van der Waals surface area contributed by atoms with Gasteiger partial charge in [0.05, 0.1) is 37.2 Å². The third-order valence-corrected chi connectivity index (χ3v) is 4.94. The van der Waals surface area contributed by atoms with Crippen molar-refractivity contribution < 1.29 is 0 Å². The Bertz CT molecular complexity index is 947. The molecule has 0 fully saturated rings. The van der Waals surface area contributed by atoms with Gasteiger partial charge in [-0.2, -0.15) is 5.10 Å². The minimum absolute atomic E-state index is 0. The van der Waals surface area contributed by atoms with Crippen molar-refractivity contribution in [1.82, 2.24) is 34.9 Å². The average Bonchev–Trinajstić information content (AvgIpc) is 3.37. The maximum absolute atomic E-state index is 4.89. The number of aryl methyl sites for hydroxylation is 1. The summed E-state index contributed by atoms with van der Waals surface area (Å²) in [5.74, 6) is 1.75. The molecule has 0 aliphatic rings. The van der Waals surface area contributed by atoms with E-state index in [1.54, 1.807) is 0 Å². The zero-order chi connectivity index (χ0) is 21.5. The highest BCUT2D eigenvalue weighted by Crippen LogP contribution is 2.18. The number of imidazole rings is 1. The number of aliphatic imine (C=N–C) groups is 1. The Morgan fingerprint density at radius 2 is 1.94 bits per heavy atom. The van der Waals surface area contributed by atoms with E-state index in [-0.39, 0.29) is 30.0 Å². The lowest BCUT2D eigenvalue weighted by Gasteiger charge is -2.24. The van der Waals surface area contributed by atoms with Gasteiger partial charge in [0.15, 0.2) is 5.96 Å². The number of nitrogens with one attached hydrogen (secondary N) is 2. The van der Waals surface area contributed by atoms with Crippen molar-refractivity contribution in [3.05, 3.63) is 60.3 Å². The van der Waals surface area contributed by atoms with Gasteiger partial charge >= 0.3 is 0 Å². The van der Waals surface area contributed by atoms with Gasteiger partial charge in [-0.15, -0.1) is 24.0 Å². The number of halogens is 1. The fourth-order valence-electron chi connectivity index (χ4n) is 3.33. The summed E-state index contributed by atoms with van der Waals surface area (Å²) in [6, 6.07) is 10.4. The Kier molecular flexibility index (Phi) is 9.50. The summed E-state index contributed by atoms with van der Waals surface area (Å²) in [6.07, 6.45) is 5.84. The number of hydrogen-bond acceptors (Lipinski definition) is 4.